The lowest BCUT2D eigenvalue weighted by Gasteiger charge is -2.08. The molecule has 0 aliphatic carbocycles. The number of halogens is 1. The summed E-state index contributed by atoms with van der Waals surface area (Å²) >= 11 is 7.63. The Morgan fingerprint density at radius 3 is 2.70 bits per heavy atom. The minimum absolute atomic E-state index is 0.0641. The number of aromatic hydroxyl groups is 1. The number of thiazole rings is 1. The Bertz CT molecular complexity index is 1360. The third-order valence-corrected chi connectivity index (χ3v) is 5.76. The molecule has 5 rings (SSSR count). The lowest BCUT2D eigenvalue weighted by atomic mass is 9.99. The van der Waals surface area contributed by atoms with Gasteiger partial charge in [0.25, 0.3) is 0 Å². The van der Waals surface area contributed by atoms with Crippen LogP contribution in [0.5, 0.6) is 5.88 Å². The van der Waals surface area contributed by atoms with Gasteiger partial charge in [0, 0.05) is 34.9 Å². The smallest absolute Gasteiger partial charge is 0.199 e. The second kappa shape index (κ2) is 7.74. The molecule has 0 aliphatic rings. The van der Waals surface area contributed by atoms with Crippen LogP contribution in [-0.2, 0) is 0 Å². The minimum atomic E-state index is 0.0641. The van der Waals surface area contributed by atoms with E-state index in [1.54, 1.807) is 35.2 Å². The zero-order valence-electron chi connectivity index (χ0n) is 15.6. The first-order valence-electron chi connectivity index (χ1n) is 9.18. The molecule has 0 unspecified atom stereocenters. The minimum Gasteiger partial charge on any atom is -0.494 e. The summed E-state index contributed by atoms with van der Waals surface area (Å²) in [6, 6.07) is 19.3. The third-order valence-electron chi connectivity index (χ3n) is 4.73. The van der Waals surface area contributed by atoms with Crippen molar-refractivity contribution in [2.24, 2.45) is 4.99 Å². The molecule has 0 amide bonds. The van der Waals surface area contributed by atoms with Gasteiger partial charge in [-0.3, -0.25) is 4.98 Å². The molecule has 2 aromatic carbocycles. The van der Waals surface area contributed by atoms with Crippen LogP contribution in [0.15, 0.2) is 83.6 Å². The fourth-order valence-corrected chi connectivity index (χ4v) is 4.17. The highest BCUT2D eigenvalue weighted by atomic mass is 35.5. The molecule has 5 nitrogen and oxygen atoms in total. The molecule has 0 radical (unpaired) electrons. The molecule has 3 heterocycles. The van der Waals surface area contributed by atoms with Gasteiger partial charge in [0.15, 0.2) is 5.88 Å². The van der Waals surface area contributed by atoms with Crippen molar-refractivity contribution in [2.45, 2.75) is 0 Å². The number of hydrogen-bond donors (Lipinski definition) is 2. The van der Waals surface area contributed by atoms with Crippen molar-refractivity contribution in [1.29, 1.82) is 0 Å². The molecule has 7 heteroatoms. The van der Waals surface area contributed by atoms with Gasteiger partial charge in [0.1, 0.15) is 5.15 Å². The van der Waals surface area contributed by atoms with E-state index in [1.807, 2.05) is 54.7 Å². The van der Waals surface area contributed by atoms with E-state index in [4.69, 9.17) is 16.6 Å². The number of hydrogen-bond acceptors (Lipinski definition) is 5. The average Bonchev–Trinajstić information content (AvgIpc) is 3.40. The Hall–Kier alpha value is -3.48. The van der Waals surface area contributed by atoms with Gasteiger partial charge in [-0.2, -0.15) is 0 Å². The first-order valence-corrected chi connectivity index (χ1v) is 10.4. The Balaban J connectivity index is 1.77. The van der Waals surface area contributed by atoms with E-state index in [0.29, 0.717) is 22.1 Å². The van der Waals surface area contributed by atoms with Gasteiger partial charge >= 0.3 is 0 Å². The van der Waals surface area contributed by atoms with E-state index in [2.05, 4.69) is 15.0 Å². The summed E-state index contributed by atoms with van der Waals surface area (Å²) in [7, 11) is 0. The average molecular weight is 431 g/mol. The predicted molar refractivity (Wildman–Crippen MR) is 122 cm³/mol. The second-order valence-electron chi connectivity index (χ2n) is 6.64. The second-order valence-corrected chi connectivity index (χ2v) is 7.91. The normalized spacial score (nSPS) is 11.8. The third kappa shape index (κ3) is 3.47. The number of fused-ring (bicyclic) bond motifs is 1. The highest BCUT2D eigenvalue weighted by Crippen LogP contribution is 2.35. The number of rotatable bonds is 4. The standard InChI is InChI=1S/C23H15ClN4OS/c24-20-11-16(8-9-26-20)27-22(14-4-2-1-3-5-14)21-17-10-15(19-12-25-13-30-19)6-7-18(17)28-23(21)29/h1-13,28-29H. The molecular formula is C23H15ClN4OS. The van der Waals surface area contributed by atoms with Gasteiger partial charge in [0.05, 0.1) is 27.4 Å². The molecule has 0 spiro atoms. The van der Waals surface area contributed by atoms with Crippen LogP contribution < -0.4 is 0 Å². The fourth-order valence-electron chi connectivity index (χ4n) is 3.38. The van der Waals surface area contributed by atoms with Gasteiger partial charge in [0.2, 0.25) is 0 Å². The van der Waals surface area contributed by atoms with Gasteiger partial charge in [-0.1, -0.05) is 48.0 Å². The Morgan fingerprint density at radius 1 is 1.07 bits per heavy atom. The molecule has 5 aromatic rings. The Morgan fingerprint density at radius 2 is 1.93 bits per heavy atom. The maximum atomic E-state index is 10.8. The molecular weight excluding hydrogens is 416 g/mol. The van der Waals surface area contributed by atoms with Crippen LogP contribution in [-0.4, -0.2) is 25.8 Å². The molecule has 3 aromatic heterocycles. The van der Waals surface area contributed by atoms with E-state index in [0.717, 1.165) is 26.9 Å². The fraction of sp³-hybridized carbons (Fsp3) is 0. The summed E-state index contributed by atoms with van der Waals surface area (Å²) in [5.41, 5.74) is 6.47. The van der Waals surface area contributed by atoms with Crippen LogP contribution in [0.2, 0.25) is 5.15 Å². The van der Waals surface area contributed by atoms with Crippen LogP contribution >= 0.6 is 22.9 Å². The number of nitrogens with one attached hydrogen (secondary N) is 1. The number of nitrogens with zero attached hydrogens (tertiary/aromatic N) is 3. The predicted octanol–water partition coefficient (Wildman–Crippen LogP) is 6.21. The van der Waals surface area contributed by atoms with Crippen molar-refractivity contribution >= 4 is 45.2 Å². The lowest BCUT2D eigenvalue weighted by molar-refractivity contribution is 0.457. The molecule has 2 N–H and O–H groups in total. The monoisotopic (exact) mass is 430 g/mol. The van der Waals surface area contributed by atoms with Crippen LogP contribution in [0.4, 0.5) is 5.69 Å². The Labute approximate surface area is 181 Å². The van der Waals surface area contributed by atoms with E-state index in [1.165, 1.54) is 0 Å². The van der Waals surface area contributed by atoms with Crippen molar-refractivity contribution in [2.75, 3.05) is 0 Å². The quantitative estimate of drug-likeness (QED) is 0.263. The number of aromatic nitrogens is 3. The molecule has 0 bridgehead atoms. The van der Waals surface area contributed by atoms with Gasteiger partial charge in [-0.15, -0.1) is 11.3 Å². The van der Waals surface area contributed by atoms with Crippen LogP contribution in [0, 0.1) is 0 Å². The lowest BCUT2D eigenvalue weighted by Crippen LogP contribution is -2.03. The molecule has 146 valence electrons. The number of aromatic amines is 1. The molecule has 0 fully saturated rings. The van der Waals surface area contributed by atoms with Crippen LogP contribution in [0.25, 0.3) is 21.3 Å². The highest BCUT2D eigenvalue weighted by molar-refractivity contribution is 7.13. The van der Waals surface area contributed by atoms with Gasteiger partial charge < -0.3 is 10.1 Å². The first kappa shape index (κ1) is 18.5. The van der Waals surface area contributed by atoms with E-state index in [-0.39, 0.29) is 5.88 Å². The number of benzene rings is 2. The maximum Gasteiger partial charge on any atom is 0.199 e. The summed E-state index contributed by atoms with van der Waals surface area (Å²) in [6.07, 6.45) is 3.45. The first-order chi connectivity index (χ1) is 14.7. The largest absolute Gasteiger partial charge is 0.494 e. The van der Waals surface area contributed by atoms with Gasteiger partial charge in [-0.05, 0) is 23.8 Å². The highest BCUT2D eigenvalue weighted by Gasteiger charge is 2.19. The summed E-state index contributed by atoms with van der Waals surface area (Å²) in [5, 5.41) is 12.1. The van der Waals surface area contributed by atoms with Crippen molar-refractivity contribution in [3.05, 3.63) is 94.8 Å². The van der Waals surface area contributed by atoms with Gasteiger partial charge in [-0.25, -0.2) is 9.98 Å². The summed E-state index contributed by atoms with van der Waals surface area (Å²) in [5.74, 6) is 0.0641. The number of pyridine rings is 1. The Kier molecular flexibility index (Phi) is 4.78. The molecule has 30 heavy (non-hydrogen) atoms. The zero-order chi connectivity index (χ0) is 20.5. The van der Waals surface area contributed by atoms with Crippen molar-refractivity contribution < 1.29 is 5.11 Å². The zero-order valence-corrected chi connectivity index (χ0v) is 17.2. The van der Waals surface area contributed by atoms with E-state index < -0.39 is 0 Å². The van der Waals surface area contributed by atoms with Crippen molar-refractivity contribution in [1.82, 2.24) is 15.0 Å². The van der Waals surface area contributed by atoms with Crippen LogP contribution in [0.3, 0.4) is 0 Å². The summed E-state index contributed by atoms with van der Waals surface area (Å²) < 4.78 is 0. The van der Waals surface area contributed by atoms with Crippen LogP contribution in [0.1, 0.15) is 11.1 Å². The number of H-pyrrole nitrogens is 1. The van der Waals surface area contributed by atoms with E-state index >= 15 is 0 Å². The molecule has 0 aliphatic heterocycles. The number of aliphatic imine (C=N–C) groups is 1. The molecule has 0 saturated heterocycles. The summed E-state index contributed by atoms with van der Waals surface area (Å²) in [4.78, 5) is 17.2. The summed E-state index contributed by atoms with van der Waals surface area (Å²) in [6.45, 7) is 0. The maximum absolute atomic E-state index is 10.8. The van der Waals surface area contributed by atoms with Crippen molar-refractivity contribution in [3.8, 4) is 16.3 Å². The topological polar surface area (TPSA) is 74.2 Å². The van der Waals surface area contributed by atoms with E-state index in [9.17, 15) is 5.11 Å². The SMILES string of the molecule is Oc1[nH]c2ccc(-c3cncs3)cc2c1C(=Nc1ccnc(Cl)c1)c1ccccc1. The van der Waals surface area contributed by atoms with Crippen molar-refractivity contribution in [3.63, 3.8) is 0 Å². The molecule has 0 saturated carbocycles. The molecule has 0 atom stereocenters.